The number of rotatable bonds is 6. The third kappa shape index (κ3) is 3.88. The molecule has 0 amide bonds. The van der Waals surface area contributed by atoms with Crippen LogP contribution >= 0.6 is 0 Å². The predicted molar refractivity (Wildman–Crippen MR) is 139 cm³/mol. The third-order valence-corrected chi connectivity index (χ3v) is 6.29. The van der Waals surface area contributed by atoms with E-state index in [-0.39, 0.29) is 11.5 Å². The summed E-state index contributed by atoms with van der Waals surface area (Å²) in [6.07, 6.45) is 3.33. The van der Waals surface area contributed by atoms with E-state index in [0.717, 1.165) is 44.2 Å². The number of aromatic hydroxyl groups is 2. The van der Waals surface area contributed by atoms with Crippen LogP contribution in [0.15, 0.2) is 97.3 Å². The molecule has 6 rings (SSSR count). The second-order valence-electron chi connectivity index (χ2n) is 8.47. The lowest BCUT2D eigenvalue weighted by atomic mass is 10.1. The molecule has 2 aromatic heterocycles. The van der Waals surface area contributed by atoms with Crippen LogP contribution in [-0.2, 0) is 13.2 Å². The zero-order valence-electron chi connectivity index (χ0n) is 19.3. The molecule has 2 N–H and O–H groups in total. The van der Waals surface area contributed by atoms with Gasteiger partial charge in [0.1, 0.15) is 47.2 Å². The van der Waals surface area contributed by atoms with Crippen LogP contribution in [0.3, 0.4) is 0 Å². The third-order valence-electron chi connectivity index (χ3n) is 6.29. The summed E-state index contributed by atoms with van der Waals surface area (Å²) in [5.74, 6) is 1.78. The average molecular weight is 475 g/mol. The summed E-state index contributed by atoms with van der Waals surface area (Å²) in [4.78, 5) is 8.57. The van der Waals surface area contributed by atoms with Crippen LogP contribution in [0.2, 0.25) is 0 Å². The van der Waals surface area contributed by atoms with Crippen LogP contribution < -0.4 is 9.47 Å². The molecule has 0 fully saturated rings. The van der Waals surface area contributed by atoms with Gasteiger partial charge in [-0.05, 0) is 47.5 Å². The van der Waals surface area contributed by atoms with Crippen molar-refractivity contribution in [3.8, 4) is 23.0 Å². The Morgan fingerprint density at radius 2 is 0.944 bits per heavy atom. The van der Waals surface area contributed by atoms with E-state index in [1.165, 1.54) is 0 Å². The highest BCUT2D eigenvalue weighted by molar-refractivity contribution is 5.93. The number of hydrogen-bond acceptors (Lipinski definition) is 6. The number of fused-ring (bicyclic) bond motifs is 3. The Morgan fingerprint density at radius 3 is 1.42 bits per heavy atom. The van der Waals surface area contributed by atoms with Crippen LogP contribution in [0, 0.1) is 0 Å². The molecule has 176 valence electrons. The molecule has 0 radical (unpaired) electrons. The van der Waals surface area contributed by atoms with E-state index in [4.69, 9.17) is 9.47 Å². The van der Waals surface area contributed by atoms with E-state index < -0.39 is 0 Å². The van der Waals surface area contributed by atoms with Gasteiger partial charge < -0.3 is 19.7 Å². The molecule has 0 aliphatic carbocycles. The summed E-state index contributed by atoms with van der Waals surface area (Å²) in [5.41, 5.74) is 2.99. The van der Waals surface area contributed by atoms with Crippen LogP contribution in [0.1, 0.15) is 11.1 Å². The van der Waals surface area contributed by atoms with Gasteiger partial charge in [-0.25, -0.2) is 0 Å². The molecule has 0 unspecified atom stereocenters. The molecule has 0 spiro atoms. The molecule has 2 heterocycles. The summed E-state index contributed by atoms with van der Waals surface area (Å²) in [6, 6.07) is 26.3. The van der Waals surface area contributed by atoms with Crippen molar-refractivity contribution < 1.29 is 19.7 Å². The quantitative estimate of drug-likeness (QED) is 0.286. The maximum absolute atomic E-state index is 10.1. The highest BCUT2D eigenvalue weighted by Gasteiger charge is 2.12. The van der Waals surface area contributed by atoms with Gasteiger partial charge >= 0.3 is 0 Å². The molecular formula is C30H22N2O4. The standard InChI is InChI=1S/C30H22N2O4/c33-25-13-11-19(21-7-3-15-31-29(21)25)17-35-27-9-1-5-23-24(27)6-2-10-28(23)36-18-20-12-14-26(34)30-22(20)8-4-16-32-30/h1-16,33-34H,17-18H2. The SMILES string of the molecule is Oc1ccc(COc2cccc3c(OCc4ccc(O)c5ncccc45)cccc23)c2cccnc12. The van der Waals surface area contributed by atoms with Crippen molar-refractivity contribution in [3.63, 3.8) is 0 Å². The minimum absolute atomic E-state index is 0.151. The fraction of sp³-hybridized carbons (Fsp3) is 0.0667. The fourth-order valence-electron chi connectivity index (χ4n) is 4.50. The van der Waals surface area contributed by atoms with Crippen LogP contribution in [-0.4, -0.2) is 20.2 Å². The summed E-state index contributed by atoms with van der Waals surface area (Å²) in [7, 11) is 0. The summed E-state index contributed by atoms with van der Waals surface area (Å²) < 4.78 is 12.5. The first kappa shape index (κ1) is 21.7. The normalized spacial score (nSPS) is 11.2. The molecular weight excluding hydrogens is 452 g/mol. The molecule has 0 aliphatic heterocycles. The number of nitrogens with zero attached hydrogens (tertiary/aromatic N) is 2. The molecule has 0 saturated heterocycles. The van der Waals surface area contributed by atoms with Gasteiger partial charge in [0.25, 0.3) is 0 Å². The lowest BCUT2D eigenvalue weighted by molar-refractivity contribution is 0.308. The number of phenolic OH excluding ortho intramolecular Hbond substituents is 2. The first-order valence-corrected chi connectivity index (χ1v) is 11.6. The van der Waals surface area contributed by atoms with E-state index in [1.54, 1.807) is 24.5 Å². The van der Waals surface area contributed by atoms with Crippen molar-refractivity contribution in [2.24, 2.45) is 0 Å². The number of phenols is 2. The van der Waals surface area contributed by atoms with Gasteiger partial charge in [0, 0.05) is 33.9 Å². The molecule has 0 aliphatic rings. The maximum Gasteiger partial charge on any atom is 0.141 e. The Morgan fingerprint density at radius 1 is 0.500 bits per heavy atom. The predicted octanol–water partition coefficient (Wildman–Crippen LogP) is 6.51. The van der Waals surface area contributed by atoms with Crippen molar-refractivity contribution in [1.82, 2.24) is 9.97 Å². The molecule has 0 bridgehead atoms. The zero-order chi connectivity index (χ0) is 24.5. The number of aromatic nitrogens is 2. The van der Waals surface area contributed by atoms with Crippen molar-refractivity contribution in [1.29, 1.82) is 0 Å². The van der Waals surface area contributed by atoms with E-state index in [9.17, 15) is 10.2 Å². The van der Waals surface area contributed by atoms with Crippen LogP contribution in [0.4, 0.5) is 0 Å². The number of pyridine rings is 2. The highest BCUT2D eigenvalue weighted by atomic mass is 16.5. The Bertz CT molecular complexity index is 1600. The highest BCUT2D eigenvalue weighted by Crippen LogP contribution is 2.34. The molecule has 36 heavy (non-hydrogen) atoms. The Balaban J connectivity index is 1.28. The Kier molecular flexibility index (Phi) is 5.46. The van der Waals surface area contributed by atoms with E-state index in [2.05, 4.69) is 9.97 Å². The molecule has 6 nitrogen and oxygen atoms in total. The number of ether oxygens (including phenoxy) is 2. The van der Waals surface area contributed by atoms with Gasteiger partial charge in [-0.1, -0.05) is 48.5 Å². The fourth-order valence-corrected chi connectivity index (χ4v) is 4.50. The van der Waals surface area contributed by atoms with Crippen LogP contribution in [0.25, 0.3) is 32.6 Å². The number of hydrogen-bond donors (Lipinski definition) is 2. The second kappa shape index (κ2) is 9.07. The second-order valence-corrected chi connectivity index (χ2v) is 8.47. The van der Waals surface area contributed by atoms with E-state index in [0.29, 0.717) is 24.2 Å². The summed E-state index contributed by atoms with van der Waals surface area (Å²) in [6.45, 7) is 0.665. The van der Waals surface area contributed by atoms with Gasteiger partial charge in [0.15, 0.2) is 0 Å². The van der Waals surface area contributed by atoms with Crippen molar-refractivity contribution >= 4 is 32.6 Å². The van der Waals surface area contributed by atoms with Crippen LogP contribution in [0.5, 0.6) is 23.0 Å². The largest absolute Gasteiger partial charge is 0.506 e. The number of benzene rings is 4. The smallest absolute Gasteiger partial charge is 0.141 e. The average Bonchev–Trinajstić information content (AvgIpc) is 2.93. The van der Waals surface area contributed by atoms with Gasteiger partial charge in [0.2, 0.25) is 0 Å². The molecule has 4 aromatic carbocycles. The Labute approximate surface area is 207 Å². The zero-order valence-corrected chi connectivity index (χ0v) is 19.3. The van der Waals surface area contributed by atoms with Gasteiger partial charge in [-0.15, -0.1) is 0 Å². The lowest BCUT2D eigenvalue weighted by Gasteiger charge is -2.14. The van der Waals surface area contributed by atoms with Gasteiger partial charge in [-0.3, -0.25) is 9.97 Å². The first-order valence-electron chi connectivity index (χ1n) is 11.6. The minimum atomic E-state index is 0.151. The maximum atomic E-state index is 10.1. The van der Waals surface area contributed by atoms with Crippen molar-refractivity contribution in [3.05, 3.63) is 108 Å². The van der Waals surface area contributed by atoms with Crippen molar-refractivity contribution in [2.45, 2.75) is 13.2 Å². The van der Waals surface area contributed by atoms with Crippen molar-refractivity contribution in [2.75, 3.05) is 0 Å². The summed E-state index contributed by atoms with van der Waals surface area (Å²) >= 11 is 0. The minimum Gasteiger partial charge on any atom is -0.506 e. The Hall–Kier alpha value is -4.84. The topological polar surface area (TPSA) is 84.7 Å². The molecule has 6 aromatic rings. The molecule has 6 heteroatoms. The van der Waals surface area contributed by atoms with Gasteiger partial charge in [-0.2, -0.15) is 0 Å². The monoisotopic (exact) mass is 474 g/mol. The summed E-state index contributed by atoms with van der Waals surface area (Å²) in [5, 5.41) is 23.8. The van der Waals surface area contributed by atoms with E-state index in [1.807, 2.05) is 72.8 Å². The first-order chi connectivity index (χ1) is 17.7. The lowest BCUT2D eigenvalue weighted by Crippen LogP contribution is -1.99. The van der Waals surface area contributed by atoms with E-state index >= 15 is 0 Å². The molecule has 0 atom stereocenters. The molecule has 0 saturated carbocycles. The van der Waals surface area contributed by atoms with Gasteiger partial charge in [0.05, 0.1) is 0 Å².